The van der Waals surface area contributed by atoms with E-state index in [1.54, 1.807) is 6.07 Å². The van der Waals surface area contributed by atoms with Gasteiger partial charge in [0.2, 0.25) is 0 Å². The molecule has 1 aromatic carbocycles. The molecule has 160 valence electrons. The minimum absolute atomic E-state index is 0.0518. The van der Waals surface area contributed by atoms with Gasteiger partial charge < -0.3 is 5.32 Å². The van der Waals surface area contributed by atoms with Crippen molar-refractivity contribution >= 4 is 11.6 Å². The summed E-state index contributed by atoms with van der Waals surface area (Å²) in [5.41, 5.74) is -7.50. The Morgan fingerprint density at radius 2 is 1.70 bits per heavy atom. The summed E-state index contributed by atoms with van der Waals surface area (Å²) in [4.78, 5) is 16.1. The van der Waals surface area contributed by atoms with Crippen LogP contribution < -0.4 is 5.32 Å². The van der Waals surface area contributed by atoms with Gasteiger partial charge in [-0.25, -0.2) is 9.37 Å². The summed E-state index contributed by atoms with van der Waals surface area (Å²) in [6, 6.07) is 5.18. The van der Waals surface area contributed by atoms with Gasteiger partial charge in [-0.2, -0.15) is 31.6 Å². The summed E-state index contributed by atoms with van der Waals surface area (Å²) in [7, 11) is 0. The summed E-state index contributed by atoms with van der Waals surface area (Å²) in [6.07, 6.45) is -11.4. The van der Waals surface area contributed by atoms with Crippen molar-refractivity contribution in [2.24, 2.45) is 0 Å². The number of aryl methyl sites for hydroxylation is 2. The molecule has 1 heterocycles. The molecule has 0 aliphatic rings. The van der Waals surface area contributed by atoms with Crippen molar-refractivity contribution in [3.63, 3.8) is 0 Å². The third-order valence-electron chi connectivity index (χ3n) is 4.34. The first-order valence-electron chi connectivity index (χ1n) is 8.40. The largest absolute Gasteiger partial charge is 0.435 e. The number of carbonyl (C=O) groups excluding carboxylic acids is 1. The van der Waals surface area contributed by atoms with Gasteiger partial charge in [-0.3, -0.25) is 4.79 Å². The number of benzene rings is 1. The van der Waals surface area contributed by atoms with E-state index in [1.165, 1.54) is 19.1 Å². The number of nitrogens with one attached hydrogen (secondary N) is 1. The van der Waals surface area contributed by atoms with E-state index in [-0.39, 0.29) is 34.5 Å². The number of halogens is 7. The molecule has 2 aromatic rings. The second-order valence-corrected chi connectivity index (χ2v) is 6.33. The first kappa shape index (κ1) is 23.1. The number of amides is 1. The molecule has 4 nitrogen and oxygen atoms in total. The summed E-state index contributed by atoms with van der Waals surface area (Å²) < 4.78 is 92.7. The highest BCUT2D eigenvalue weighted by Gasteiger charge is 2.73. The van der Waals surface area contributed by atoms with Gasteiger partial charge in [0.15, 0.2) is 0 Å². The summed E-state index contributed by atoms with van der Waals surface area (Å²) in [5.74, 6) is -0.803. The van der Waals surface area contributed by atoms with Gasteiger partial charge in [0, 0.05) is 17.4 Å². The van der Waals surface area contributed by atoms with Gasteiger partial charge >= 0.3 is 18.0 Å². The average Bonchev–Trinajstić information content (AvgIpc) is 2.66. The SMILES string of the molecule is CCc1cc(C(F)(C(F)(F)F)C(F)(F)F)cc(C)c1NC(=O)c1ccc(C#N)cn1. The Morgan fingerprint density at radius 3 is 2.13 bits per heavy atom. The van der Waals surface area contributed by atoms with E-state index < -0.39 is 29.5 Å². The molecule has 30 heavy (non-hydrogen) atoms. The number of nitrogens with zero attached hydrogens (tertiary/aromatic N) is 2. The average molecular weight is 433 g/mol. The van der Waals surface area contributed by atoms with Crippen LogP contribution in [0.3, 0.4) is 0 Å². The molecule has 1 amide bonds. The van der Waals surface area contributed by atoms with Crippen LogP contribution >= 0.6 is 0 Å². The zero-order valence-corrected chi connectivity index (χ0v) is 15.5. The molecule has 0 aliphatic heterocycles. The lowest BCUT2D eigenvalue weighted by molar-refractivity contribution is -0.348. The van der Waals surface area contributed by atoms with Crippen molar-refractivity contribution in [3.05, 3.63) is 58.4 Å². The molecule has 0 saturated heterocycles. The fraction of sp³-hybridized carbons (Fsp3) is 0.316. The molecule has 0 unspecified atom stereocenters. The minimum atomic E-state index is -6.24. The van der Waals surface area contributed by atoms with E-state index in [0.717, 1.165) is 13.1 Å². The Labute approximate surface area is 166 Å². The van der Waals surface area contributed by atoms with Crippen molar-refractivity contribution < 1.29 is 35.5 Å². The van der Waals surface area contributed by atoms with Gasteiger partial charge in [0.25, 0.3) is 5.91 Å². The number of nitriles is 1. The Bertz CT molecular complexity index is 975. The van der Waals surface area contributed by atoms with Crippen LogP contribution in [0.5, 0.6) is 0 Å². The number of rotatable bonds is 4. The molecule has 0 fully saturated rings. The molecular weight excluding hydrogens is 419 g/mol. The number of aromatic nitrogens is 1. The number of hydrogen-bond donors (Lipinski definition) is 1. The van der Waals surface area contributed by atoms with E-state index in [4.69, 9.17) is 5.26 Å². The molecule has 1 N–H and O–H groups in total. The smallest absolute Gasteiger partial charge is 0.320 e. The van der Waals surface area contributed by atoms with Gasteiger partial charge in [-0.1, -0.05) is 13.0 Å². The highest BCUT2D eigenvalue weighted by Crippen LogP contribution is 2.53. The Morgan fingerprint density at radius 1 is 1.10 bits per heavy atom. The Hall–Kier alpha value is -3.16. The monoisotopic (exact) mass is 433 g/mol. The molecule has 0 aliphatic carbocycles. The number of anilines is 1. The third-order valence-corrected chi connectivity index (χ3v) is 4.34. The van der Waals surface area contributed by atoms with Gasteiger partial charge in [-0.15, -0.1) is 0 Å². The highest BCUT2D eigenvalue weighted by molar-refractivity contribution is 6.03. The van der Waals surface area contributed by atoms with E-state index >= 15 is 0 Å². The van der Waals surface area contributed by atoms with Crippen molar-refractivity contribution in [2.45, 2.75) is 38.3 Å². The van der Waals surface area contributed by atoms with Crippen LogP contribution in [-0.2, 0) is 12.1 Å². The van der Waals surface area contributed by atoms with E-state index in [0.29, 0.717) is 12.1 Å². The fourth-order valence-electron chi connectivity index (χ4n) is 2.78. The fourth-order valence-corrected chi connectivity index (χ4v) is 2.78. The lowest BCUT2D eigenvalue weighted by Gasteiger charge is -2.31. The number of pyridine rings is 1. The highest BCUT2D eigenvalue weighted by atomic mass is 19.4. The molecule has 0 bridgehead atoms. The molecular formula is C19H14F7N3O. The standard InChI is InChI=1S/C19H14F7N3O/c1-3-12-7-13(17(20,18(21,22)23)19(24,25)26)6-10(2)15(12)29-16(30)14-5-4-11(8-27)9-28-14/h4-7,9H,3H2,1-2H3,(H,29,30). The third kappa shape index (κ3) is 4.08. The van der Waals surface area contributed by atoms with Crippen LogP contribution in [0.1, 0.15) is 39.7 Å². The number of alkyl halides is 7. The summed E-state index contributed by atoms with van der Waals surface area (Å²) >= 11 is 0. The van der Waals surface area contributed by atoms with Crippen molar-refractivity contribution in [1.29, 1.82) is 5.26 Å². The van der Waals surface area contributed by atoms with Crippen LogP contribution in [0.25, 0.3) is 0 Å². The number of hydrogen-bond acceptors (Lipinski definition) is 3. The zero-order valence-electron chi connectivity index (χ0n) is 15.5. The molecule has 0 spiro atoms. The van der Waals surface area contributed by atoms with E-state index in [9.17, 15) is 35.5 Å². The van der Waals surface area contributed by atoms with Gasteiger partial charge in [-0.05, 0) is 42.7 Å². The van der Waals surface area contributed by atoms with Crippen LogP contribution in [0.15, 0.2) is 30.5 Å². The van der Waals surface area contributed by atoms with Crippen LogP contribution in [0.2, 0.25) is 0 Å². The Balaban J connectivity index is 2.52. The van der Waals surface area contributed by atoms with E-state index in [1.807, 2.05) is 0 Å². The normalized spacial score (nSPS) is 12.4. The molecule has 0 saturated carbocycles. The van der Waals surface area contributed by atoms with Crippen molar-refractivity contribution in [1.82, 2.24) is 4.98 Å². The molecule has 0 atom stereocenters. The maximum atomic E-state index is 14.4. The zero-order chi connectivity index (χ0) is 22.9. The first-order chi connectivity index (χ1) is 13.8. The quantitative estimate of drug-likeness (QED) is 0.660. The molecule has 11 heteroatoms. The predicted octanol–water partition coefficient (Wildman–Crippen LogP) is 5.37. The maximum Gasteiger partial charge on any atom is 0.435 e. The van der Waals surface area contributed by atoms with Crippen LogP contribution in [0.4, 0.5) is 36.4 Å². The van der Waals surface area contributed by atoms with Crippen LogP contribution in [-0.4, -0.2) is 23.2 Å². The van der Waals surface area contributed by atoms with Gasteiger partial charge in [0.05, 0.1) is 5.56 Å². The second-order valence-electron chi connectivity index (χ2n) is 6.33. The maximum absolute atomic E-state index is 14.4. The minimum Gasteiger partial charge on any atom is -0.320 e. The first-order valence-corrected chi connectivity index (χ1v) is 8.40. The molecule has 2 rings (SSSR count). The molecule has 1 aromatic heterocycles. The van der Waals surface area contributed by atoms with Crippen LogP contribution in [0, 0.1) is 18.3 Å². The topological polar surface area (TPSA) is 65.8 Å². The second kappa shape index (κ2) is 7.93. The van der Waals surface area contributed by atoms with E-state index in [2.05, 4.69) is 10.3 Å². The summed E-state index contributed by atoms with van der Waals surface area (Å²) in [5, 5.41) is 11.1. The van der Waals surface area contributed by atoms with Gasteiger partial charge in [0.1, 0.15) is 11.8 Å². The Kier molecular flexibility index (Phi) is 6.11. The lowest BCUT2D eigenvalue weighted by Crippen LogP contribution is -2.50. The lowest BCUT2D eigenvalue weighted by atomic mass is 9.89. The predicted molar refractivity (Wildman–Crippen MR) is 92.4 cm³/mol. The number of carbonyl (C=O) groups is 1. The van der Waals surface area contributed by atoms with Crippen molar-refractivity contribution in [3.8, 4) is 6.07 Å². The summed E-state index contributed by atoms with van der Waals surface area (Å²) in [6.45, 7) is 2.58. The molecule has 0 radical (unpaired) electrons. The van der Waals surface area contributed by atoms with Crippen molar-refractivity contribution in [2.75, 3.05) is 5.32 Å².